The Labute approximate surface area is 178 Å². The second kappa shape index (κ2) is 8.27. The quantitative estimate of drug-likeness (QED) is 0.370. The fourth-order valence-electron chi connectivity index (χ4n) is 3.39. The van der Waals surface area contributed by atoms with E-state index in [1.54, 1.807) is 26.3 Å². The number of ether oxygens (including phenoxy) is 1. The molecule has 8 nitrogen and oxygen atoms in total. The number of nitro benzene ring substituents is 1. The van der Waals surface area contributed by atoms with Crippen molar-refractivity contribution in [2.75, 3.05) is 14.2 Å². The summed E-state index contributed by atoms with van der Waals surface area (Å²) in [6, 6.07) is 19.5. The summed E-state index contributed by atoms with van der Waals surface area (Å²) in [6.07, 6.45) is 0. The Morgan fingerprint density at radius 1 is 1.13 bits per heavy atom. The molecule has 0 unspecified atom stereocenters. The number of imidazole rings is 1. The number of fused-ring (bicyclic) bond motifs is 1. The van der Waals surface area contributed by atoms with Crippen LogP contribution in [0.4, 0.5) is 5.69 Å². The monoisotopic (exact) mass is 416 g/mol. The average molecular weight is 416 g/mol. The molecule has 0 radical (unpaired) electrons. The van der Waals surface area contributed by atoms with E-state index in [0.717, 1.165) is 11.1 Å². The lowest BCUT2D eigenvalue weighted by atomic mass is 10.1. The molecule has 3 aromatic carbocycles. The fraction of sp³-hybridized carbons (Fsp3) is 0.130. The van der Waals surface area contributed by atoms with Gasteiger partial charge >= 0.3 is 0 Å². The molecule has 0 bridgehead atoms. The number of carbonyl (C=O) groups is 1. The highest BCUT2D eigenvalue weighted by Crippen LogP contribution is 2.29. The number of methoxy groups -OCH3 is 1. The van der Waals surface area contributed by atoms with Crippen LogP contribution < -0.4 is 4.74 Å². The van der Waals surface area contributed by atoms with E-state index in [0.29, 0.717) is 29.2 Å². The van der Waals surface area contributed by atoms with Crippen molar-refractivity contribution in [1.29, 1.82) is 0 Å². The number of rotatable bonds is 6. The largest absolute Gasteiger partial charge is 0.497 e. The van der Waals surface area contributed by atoms with Crippen LogP contribution in [-0.2, 0) is 6.54 Å². The lowest BCUT2D eigenvalue weighted by molar-refractivity contribution is -0.384. The van der Waals surface area contributed by atoms with E-state index in [4.69, 9.17) is 4.74 Å². The Morgan fingerprint density at radius 3 is 2.48 bits per heavy atom. The Morgan fingerprint density at radius 2 is 1.84 bits per heavy atom. The number of non-ortho nitro benzene ring substituents is 1. The summed E-state index contributed by atoms with van der Waals surface area (Å²) in [6.45, 7) is 0.375. The molecular formula is C23H20N4O4. The normalized spacial score (nSPS) is 10.8. The van der Waals surface area contributed by atoms with Crippen LogP contribution in [-0.4, -0.2) is 39.9 Å². The van der Waals surface area contributed by atoms with Crippen LogP contribution in [0.5, 0.6) is 5.75 Å². The van der Waals surface area contributed by atoms with Crippen molar-refractivity contribution in [2.45, 2.75) is 6.54 Å². The van der Waals surface area contributed by atoms with Crippen LogP contribution in [0.15, 0.2) is 66.7 Å². The minimum absolute atomic E-state index is 0.172. The van der Waals surface area contributed by atoms with Crippen LogP contribution >= 0.6 is 0 Å². The minimum Gasteiger partial charge on any atom is -0.497 e. The van der Waals surface area contributed by atoms with Gasteiger partial charge in [0.2, 0.25) is 0 Å². The van der Waals surface area contributed by atoms with Gasteiger partial charge in [0.1, 0.15) is 17.1 Å². The topological polar surface area (TPSA) is 101 Å². The SMILES string of the molecule is COc1ccc(-c2nc3c(C(=O)N(C)Cc4ccccc4)cc([N+](=O)[O-])cc3[nH]2)cc1. The molecule has 8 heteroatoms. The molecule has 0 atom stereocenters. The third-order valence-electron chi connectivity index (χ3n) is 4.99. The summed E-state index contributed by atoms with van der Waals surface area (Å²) >= 11 is 0. The standard InChI is InChI=1S/C23H20N4O4/c1-26(14-15-6-4-3-5-7-15)23(28)19-12-17(27(29)30)13-20-21(19)25-22(24-20)16-8-10-18(31-2)11-9-16/h3-13H,14H2,1-2H3,(H,24,25). The van der Waals surface area contributed by atoms with Crippen molar-refractivity contribution in [3.8, 4) is 17.1 Å². The lowest BCUT2D eigenvalue weighted by Gasteiger charge is -2.17. The Balaban J connectivity index is 1.76. The highest BCUT2D eigenvalue weighted by Gasteiger charge is 2.23. The number of benzene rings is 3. The number of aromatic nitrogens is 2. The van der Waals surface area contributed by atoms with Crippen molar-refractivity contribution in [1.82, 2.24) is 14.9 Å². The molecule has 4 rings (SSSR count). The molecule has 156 valence electrons. The number of amides is 1. The second-order valence-electron chi connectivity index (χ2n) is 7.11. The number of nitrogens with one attached hydrogen (secondary N) is 1. The molecule has 0 saturated carbocycles. The van der Waals surface area contributed by atoms with E-state index < -0.39 is 4.92 Å². The number of hydrogen-bond donors (Lipinski definition) is 1. The summed E-state index contributed by atoms with van der Waals surface area (Å²) in [5, 5.41) is 11.5. The zero-order valence-electron chi connectivity index (χ0n) is 17.0. The van der Waals surface area contributed by atoms with Gasteiger partial charge in [-0.2, -0.15) is 0 Å². The van der Waals surface area contributed by atoms with Crippen LogP contribution in [0.2, 0.25) is 0 Å². The van der Waals surface area contributed by atoms with E-state index in [1.807, 2.05) is 42.5 Å². The fourth-order valence-corrected chi connectivity index (χ4v) is 3.39. The Hall–Kier alpha value is -4.20. The van der Waals surface area contributed by atoms with Crippen LogP contribution in [0.3, 0.4) is 0 Å². The van der Waals surface area contributed by atoms with Gasteiger partial charge in [0.15, 0.2) is 0 Å². The summed E-state index contributed by atoms with van der Waals surface area (Å²) in [4.78, 5) is 33.4. The van der Waals surface area contributed by atoms with Gasteiger partial charge in [0, 0.05) is 31.3 Å². The minimum atomic E-state index is -0.513. The number of aromatic amines is 1. The van der Waals surface area contributed by atoms with Gasteiger partial charge in [-0.15, -0.1) is 0 Å². The predicted molar refractivity (Wildman–Crippen MR) is 117 cm³/mol. The molecule has 0 aliphatic rings. The van der Waals surface area contributed by atoms with Gasteiger partial charge in [-0.3, -0.25) is 14.9 Å². The van der Waals surface area contributed by atoms with Crippen LogP contribution in [0.1, 0.15) is 15.9 Å². The summed E-state index contributed by atoms with van der Waals surface area (Å²) in [5.41, 5.74) is 2.56. The second-order valence-corrected chi connectivity index (χ2v) is 7.11. The first-order chi connectivity index (χ1) is 15.0. The molecular weight excluding hydrogens is 396 g/mol. The first-order valence-electron chi connectivity index (χ1n) is 9.58. The number of nitrogens with zero attached hydrogens (tertiary/aromatic N) is 3. The number of H-pyrrole nitrogens is 1. The lowest BCUT2D eigenvalue weighted by Crippen LogP contribution is -2.26. The molecule has 31 heavy (non-hydrogen) atoms. The maximum Gasteiger partial charge on any atom is 0.272 e. The Kier molecular flexibility index (Phi) is 5.36. The van der Waals surface area contributed by atoms with Gasteiger partial charge in [-0.1, -0.05) is 30.3 Å². The number of carbonyl (C=O) groups excluding carboxylic acids is 1. The van der Waals surface area contributed by atoms with Gasteiger partial charge in [-0.25, -0.2) is 4.98 Å². The van der Waals surface area contributed by atoms with Crippen molar-refractivity contribution in [3.63, 3.8) is 0 Å². The van der Waals surface area contributed by atoms with Gasteiger partial charge in [0.25, 0.3) is 11.6 Å². The van der Waals surface area contributed by atoms with Crippen molar-refractivity contribution in [2.24, 2.45) is 0 Å². The van der Waals surface area contributed by atoms with E-state index in [9.17, 15) is 14.9 Å². The maximum absolute atomic E-state index is 13.2. The molecule has 4 aromatic rings. The number of hydrogen-bond acceptors (Lipinski definition) is 5. The van der Waals surface area contributed by atoms with E-state index in [1.165, 1.54) is 17.0 Å². The Bertz CT molecular complexity index is 1250. The van der Waals surface area contributed by atoms with E-state index >= 15 is 0 Å². The summed E-state index contributed by atoms with van der Waals surface area (Å²) in [7, 11) is 3.25. The number of nitro groups is 1. The first kappa shape index (κ1) is 20.1. The molecule has 0 aliphatic heterocycles. The van der Waals surface area contributed by atoms with Crippen LogP contribution in [0.25, 0.3) is 22.4 Å². The molecule has 1 aromatic heterocycles. The maximum atomic E-state index is 13.2. The zero-order chi connectivity index (χ0) is 22.0. The van der Waals surface area contributed by atoms with Gasteiger partial charge in [-0.05, 0) is 29.8 Å². The van der Waals surface area contributed by atoms with Crippen molar-refractivity contribution >= 4 is 22.6 Å². The van der Waals surface area contributed by atoms with E-state index in [-0.39, 0.29) is 17.2 Å². The third-order valence-corrected chi connectivity index (χ3v) is 4.99. The predicted octanol–water partition coefficient (Wildman–Crippen LogP) is 4.42. The third kappa shape index (κ3) is 4.09. The summed E-state index contributed by atoms with van der Waals surface area (Å²) < 4.78 is 5.18. The molecule has 1 N–H and O–H groups in total. The first-order valence-corrected chi connectivity index (χ1v) is 9.58. The highest BCUT2D eigenvalue weighted by atomic mass is 16.6. The molecule has 0 aliphatic carbocycles. The zero-order valence-corrected chi connectivity index (χ0v) is 17.0. The van der Waals surface area contributed by atoms with Crippen LogP contribution in [0, 0.1) is 10.1 Å². The smallest absolute Gasteiger partial charge is 0.272 e. The highest BCUT2D eigenvalue weighted by molar-refractivity contribution is 6.06. The average Bonchev–Trinajstić information content (AvgIpc) is 3.23. The molecule has 1 amide bonds. The summed E-state index contributed by atoms with van der Waals surface area (Å²) in [5.74, 6) is 0.872. The van der Waals surface area contributed by atoms with Gasteiger partial charge in [0.05, 0.1) is 23.1 Å². The molecule has 0 spiro atoms. The van der Waals surface area contributed by atoms with Crippen molar-refractivity contribution in [3.05, 3.63) is 88.0 Å². The molecule has 0 fully saturated rings. The van der Waals surface area contributed by atoms with E-state index in [2.05, 4.69) is 9.97 Å². The molecule has 1 heterocycles. The van der Waals surface area contributed by atoms with Gasteiger partial charge < -0.3 is 14.6 Å². The van der Waals surface area contributed by atoms with Crippen molar-refractivity contribution < 1.29 is 14.5 Å². The molecule has 0 saturated heterocycles.